The van der Waals surface area contributed by atoms with Crippen molar-refractivity contribution in [1.29, 1.82) is 0 Å². The number of hydrogen-bond donors (Lipinski definition) is 0. The second kappa shape index (κ2) is 10.2. The highest BCUT2D eigenvalue weighted by molar-refractivity contribution is 7.99. The number of benzene rings is 2. The van der Waals surface area contributed by atoms with Gasteiger partial charge in [-0.1, -0.05) is 72.4 Å². The highest BCUT2D eigenvalue weighted by Crippen LogP contribution is 2.28. The Labute approximate surface area is 190 Å². The summed E-state index contributed by atoms with van der Waals surface area (Å²) < 4.78 is 12.6. The van der Waals surface area contributed by atoms with Gasteiger partial charge in [-0.2, -0.15) is 4.98 Å². The van der Waals surface area contributed by atoms with Crippen molar-refractivity contribution in [2.75, 3.05) is 5.75 Å². The third-order valence-electron chi connectivity index (χ3n) is 4.61. The molecule has 0 N–H and O–H groups in total. The first kappa shape index (κ1) is 21.8. The van der Waals surface area contributed by atoms with Gasteiger partial charge in [-0.3, -0.25) is 9.36 Å². The zero-order chi connectivity index (χ0) is 22.3. The molecule has 0 saturated heterocycles. The molecule has 1 unspecified atom stereocenters. The summed E-state index contributed by atoms with van der Waals surface area (Å²) in [5.41, 5.74) is 1.85. The molecule has 0 aliphatic heterocycles. The van der Waals surface area contributed by atoms with Crippen LogP contribution in [0, 0.1) is 0 Å². The van der Waals surface area contributed by atoms with Crippen molar-refractivity contribution in [2.24, 2.45) is 0 Å². The van der Waals surface area contributed by atoms with Gasteiger partial charge in [-0.05, 0) is 25.5 Å². The van der Waals surface area contributed by atoms with E-state index in [0.717, 1.165) is 24.1 Å². The van der Waals surface area contributed by atoms with Crippen LogP contribution in [-0.2, 0) is 16.0 Å². The Balaban J connectivity index is 1.48. The minimum absolute atomic E-state index is 0.0695. The molecular formula is C23H23N5O3S. The molecule has 1 atom stereocenters. The quantitative estimate of drug-likeness (QED) is 0.269. The molecule has 164 valence electrons. The van der Waals surface area contributed by atoms with Crippen LogP contribution < -0.4 is 0 Å². The number of aryl methyl sites for hydroxylation is 1. The molecule has 4 rings (SSSR count). The monoisotopic (exact) mass is 449 g/mol. The van der Waals surface area contributed by atoms with E-state index in [1.807, 2.05) is 72.2 Å². The third kappa shape index (κ3) is 5.05. The predicted octanol–water partition coefficient (Wildman–Crippen LogP) is 4.67. The van der Waals surface area contributed by atoms with Gasteiger partial charge in [0, 0.05) is 17.7 Å². The average Bonchev–Trinajstić information content (AvgIpc) is 3.46. The summed E-state index contributed by atoms with van der Waals surface area (Å²) in [5.74, 6) is 1.28. The standard InChI is InChI=1S/C23H23N5O3S/c1-3-10-19-24-22(31-27-19)16(2)30-20(29)15-32-23-26-25-21(17-11-6-4-7-12-17)28(23)18-13-8-5-9-14-18/h4-9,11-14,16H,3,10,15H2,1-2H3. The molecule has 2 aromatic carbocycles. The lowest BCUT2D eigenvalue weighted by molar-refractivity contribution is -0.146. The van der Waals surface area contributed by atoms with Gasteiger partial charge >= 0.3 is 5.97 Å². The highest BCUT2D eigenvalue weighted by Gasteiger charge is 2.21. The van der Waals surface area contributed by atoms with Crippen LogP contribution in [0.3, 0.4) is 0 Å². The maximum absolute atomic E-state index is 12.5. The van der Waals surface area contributed by atoms with Gasteiger partial charge in [0.15, 0.2) is 22.9 Å². The van der Waals surface area contributed by atoms with Crippen LogP contribution in [0.2, 0.25) is 0 Å². The average molecular weight is 450 g/mol. The first-order valence-corrected chi connectivity index (χ1v) is 11.3. The molecule has 0 bridgehead atoms. The van der Waals surface area contributed by atoms with Crippen LogP contribution in [0.4, 0.5) is 0 Å². The van der Waals surface area contributed by atoms with E-state index < -0.39 is 12.1 Å². The summed E-state index contributed by atoms with van der Waals surface area (Å²) in [7, 11) is 0. The van der Waals surface area contributed by atoms with E-state index in [-0.39, 0.29) is 5.75 Å². The van der Waals surface area contributed by atoms with E-state index in [1.165, 1.54) is 11.8 Å². The lowest BCUT2D eigenvalue weighted by Gasteiger charge is -2.11. The minimum Gasteiger partial charge on any atom is -0.452 e. The molecule has 8 nitrogen and oxygen atoms in total. The van der Waals surface area contributed by atoms with Gasteiger partial charge < -0.3 is 9.26 Å². The molecule has 0 aliphatic rings. The summed E-state index contributed by atoms with van der Waals surface area (Å²) in [4.78, 5) is 16.7. The molecule has 0 fully saturated rings. The smallest absolute Gasteiger partial charge is 0.317 e. The molecule has 0 saturated carbocycles. The van der Waals surface area contributed by atoms with Gasteiger partial charge in [0.05, 0.1) is 5.75 Å². The predicted molar refractivity (Wildman–Crippen MR) is 120 cm³/mol. The van der Waals surface area contributed by atoms with Gasteiger partial charge in [-0.15, -0.1) is 10.2 Å². The SMILES string of the molecule is CCCc1noc(C(C)OC(=O)CSc2nnc(-c3ccccc3)n2-c2ccccc2)n1. The topological polar surface area (TPSA) is 95.9 Å². The Morgan fingerprint density at radius 2 is 1.81 bits per heavy atom. The normalized spacial score (nSPS) is 11.9. The molecule has 0 aliphatic carbocycles. The molecule has 2 aromatic heterocycles. The first-order chi connectivity index (χ1) is 15.7. The van der Waals surface area contributed by atoms with Crippen LogP contribution in [0.1, 0.15) is 38.1 Å². The van der Waals surface area contributed by atoms with Crippen molar-refractivity contribution in [2.45, 2.75) is 37.9 Å². The maximum Gasteiger partial charge on any atom is 0.317 e. The summed E-state index contributed by atoms with van der Waals surface area (Å²) in [5, 5.41) is 13.2. The van der Waals surface area contributed by atoms with E-state index in [9.17, 15) is 4.79 Å². The number of carbonyl (C=O) groups is 1. The largest absolute Gasteiger partial charge is 0.452 e. The first-order valence-electron chi connectivity index (χ1n) is 10.4. The number of carbonyl (C=O) groups excluding carboxylic acids is 1. The zero-order valence-electron chi connectivity index (χ0n) is 17.8. The molecule has 0 amide bonds. The summed E-state index contributed by atoms with van der Waals surface area (Å²) in [6.45, 7) is 3.75. The van der Waals surface area contributed by atoms with Gasteiger partial charge in [0.25, 0.3) is 5.89 Å². The summed E-state index contributed by atoms with van der Waals surface area (Å²) in [6, 6.07) is 19.6. The fourth-order valence-electron chi connectivity index (χ4n) is 3.11. The van der Waals surface area contributed by atoms with Gasteiger partial charge in [-0.25, -0.2) is 0 Å². The minimum atomic E-state index is -0.618. The second-order valence-electron chi connectivity index (χ2n) is 7.06. The van der Waals surface area contributed by atoms with Gasteiger partial charge in [0.1, 0.15) is 0 Å². The van der Waals surface area contributed by atoms with Crippen molar-refractivity contribution in [3.63, 3.8) is 0 Å². The van der Waals surface area contributed by atoms with Crippen LogP contribution in [0.5, 0.6) is 0 Å². The Morgan fingerprint density at radius 3 is 2.53 bits per heavy atom. The Bertz CT molecular complexity index is 1160. The number of rotatable bonds is 9. The fraction of sp³-hybridized carbons (Fsp3) is 0.261. The van der Waals surface area contributed by atoms with Crippen molar-refractivity contribution < 1.29 is 14.1 Å². The number of ether oxygens (including phenoxy) is 1. The van der Waals surface area contributed by atoms with Gasteiger partial charge in [0.2, 0.25) is 0 Å². The Kier molecular flexibility index (Phi) is 6.96. The number of thioether (sulfide) groups is 1. The zero-order valence-corrected chi connectivity index (χ0v) is 18.7. The number of aromatic nitrogens is 5. The highest BCUT2D eigenvalue weighted by atomic mass is 32.2. The molecule has 0 spiro atoms. The number of para-hydroxylation sites is 1. The molecule has 9 heteroatoms. The maximum atomic E-state index is 12.5. The van der Waals surface area contributed by atoms with Crippen LogP contribution >= 0.6 is 11.8 Å². The molecule has 2 heterocycles. The lowest BCUT2D eigenvalue weighted by atomic mass is 10.2. The van der Waals surface area contributed by atoms with E-state index in [4.69, 9.17) is 9.26 Å². The summed E-state index contributed by atoms with van der Waals surface area (Å²) in [6.07, 6.45) is 1.02. The van der Waals surface area contributed by atoms with E-state index in [1.54, 1.807) is 6.92 Å². The van der Waals surface area contributed by atoms with Crippen LogP contribution in [-0.4, -0.2) is 36.6 Å². The molecule has 4 aromatic rings. The van der Waals surface area contributed by atoms with E-state index >= 15 is 0 Å². The number of hydrogen-bond acceptors (Lipinski definition) is 8. The van der Waals surface area contributed by atoms with Crippen molar-refractivity contribution in [1.82, 2.24) is 24.9 Å². The number of nitrogens with zero attached hydrogens (tertiary/aromatic N) is 5. The summed E-state index contributed by atoms with van der Waals surface area (Å²) >= 11 is 1.26. The number of esters is 1. The van der Waals surface area contributed by atoms with E-state index in [0.29, 0.717) is 22.7 Å². The van der Waals surface area contributed by atoms with Crippen molar-refractivity contribution >= 4 is 17.7 Å². The van der Waals surface area contributed by atoms with Crippen molar-refractivity contribution in [3.05, 3.63) is 72.4 Å². The van der Waals surface area contributed by atoms with Crippen LogP contribution in [0.15, 0.2) is 70.3 Å². The third-order valence-corrected chi connectivity index (χ3v) is 5.51. The molecule has 0 radical (unpaired) electrons. The second-order valence-corrected chi connectivity index (χ2v) is 8.01. The van der Waals surface area contributed by atoms with E-state index in [2.05, 4.69) is 20.3 Å². The molecule has 32 heavy (non-hydrogen) atoms. The Morgan fingerprint density at radius 1 is 1.09 bits per heavy atom. The lowest BCUT2D eigenvalue weighted by Crippen LogP contribution is -2.12. The van der Waals surface area contributed by atoms with Crippen LogP contribution in [0.25, 0.3) is 17.1 Å². The fourth-order valence-corrected chi connectivity index (χ4v) is 3.84. The molecular weight excluding hydrogens is 426 g/mol. The Hall–Kier alpha value is -3.46. The van der Waals surface area contributed by atoms with Crippen molar-refractivity contribution in [3.8, 4) is 17.1 Å².